The maximum atomic E-state index is 11.8. The van der Waals surface area contributed by atoms with Gasteiger partial charge in [0.25, 0.3) is 0 Å². The van der Waals surface area contributed by atoms with E-state index in [1.807, 2.05) is 18.2 Å². The SMILES string of the molecule is CCOC(=O)C1C=Nc2c(cccc2C(C)C)C1=S. The molecule has 0 aliphatic carbocycles. The van der Waals surface area contributed by atoms with Gasteiger partial charge in [0.2, 0.25) is 0 Å². The van der Waals surface area contributed by atoms with E-state index >= 15 is 0 Å². The number of nitrogens with zero attached hydrogens (tertiary/aromatic N) is 1. The van der Waals surface area contributed by atoms with E-state index in [9.17, 15) is 4.79 Å². The number of hydrogen-bond donors (Lipinski definition) is 0. The average molecular weight is 275 g/mol. The molecule has 1 heterocycles. The van der Waals surface area contributed by atoms with Gasteiger partial charge in [-0.1, -0.05) is 44.3 Å². The number of esters is 1. The van der Waals surface area contributed by atoms with Crippen molar-refractivity contribution in [3.63, 3.8) is 0 Å². The predicted molar refractivity (Wildman–Crippen MR) is 80.5 cm³/mol. The van der Waals surface area contributed by atoms with Crippen molar-refractivity contribution in [2.45, 2.75) is 26.7 Å². The van der Waals surface area contributed by atoms with E-state index in [0.29, 0.717) is 17.4 Å². The van der Waals surface area contributed by atoms with Crippen LogP contribution in [0.15, 0.2) is 23.2 Å². The third-order valence-electron chi connectivity index (χ3n) is 3.13. The summed E-state index contributed by atoms with van der Waals surface area (Å²) in [7, 11) is 0. The summed E-state index contributed by atoms with van der Waals surface area (Å²) in [6, 6.07) is 5.93. The van der Waals surface area contributed by atoms with Crippen LogP contribution in [-0.4, -0.2) is 23.7 Å². The lowest BCUT2D eigenvalue weighted by Gasteiger charge is -2.21. The number of benzene rings is 1. The first-order chi connectivity index (χ1) is 9.06. The Morgan fingerprint density at radius 2 is 2.21 bits per heavy atom. The van der Waals surface area contributed by atoms with Crippen LogP contribution in [0, 0.1) is 5.92 Å². The van der Waals surface area contributed by atoms with E-state index in [1.165, 1.54) is 0 Å². The summed E-state index contributed by atoms with van der Waals surface area (Å²) in [6.45, 7) is 6.37. The van der Waals surface area contributed by atoms with Crippen molar-refractivity contribution in [3.05, 3.63) is 29.3 Å². The van der Waals surface area contributed by atoms with Crippen molar-refractivity contribution in [2.75, 3.05) is 6.61 Å². The average Bonchev–Trinajstić information content (AvgIpc) is 2.38. The second-order valence-corrected chi connectivity index (χ2v) is 5.21. The summed E-state index contributed by atoms with van der Waals surface area (Å²) in [6.07, 6.45) is 1.61. The summed E-state index contributed by atoms with van der Waals surface area (Å²) in [4.78, 5) is 16.9. The third kappa shape index (κ3) is 2.59. The van der Waals surface area contributed by atoms with Crippen molar-refractivity contribution in [1.82, 2.24) is 0 Å². The van der Waals surface area contributed by atoms with Gasteiger partial charge in [0, 0.05) is 16.6 Å². The quantitative estimate of drug-likeness (QED) is 0.626. The van der Waals surface area contributed by atoms with Crippen LogP contribution >= 0.6 is 12.2 Å². The number of hydrogen-bond acceptors (Lipinski definition) is 4. The first-order valence-electron chi connectivity index (χ1n) is 6.44. The second-order valence-electron chi connectivity index (χ2n) is 4.77. The Labute approximate surface area is 118 Å². The van der Waals surface area contributed by atoms with Crippen molar-refractivity contribution in [1.29, 1.82) is 0 Å². The maximum absolute atomic E-state index is 11.8. The molecule has 2 rings (SSSR count). The fraction of sp³-hybridized carbons (Fsp3) is 0.400. The predicted octanol–water partition coefficient (Wildman–Crippen LogP) is 3.42. The lowest BCUT2D eigenvalue weighted by Crippen LogP contribution is -2.29. The molecule has 0 N–H and O–H groups in total. The molecule has 0 saturated carbocycles. The molecule has 3 nitrogen and oxygen atoms in total. The molecule has 1 aliphatic heterocycles. The first kappa shape index (κ1) is 13.9. The largest absolute Gasteiger partial charge is 0.465 e. The molecule has 0 bridgehead atoms. The molecular formula is C15H17NO2S. The highest BCUT2D eigenvalue weighted by Crippen LogP contribution is 2.34. The van der Waals surface area contributed by atoms with E-state index in [2.05, 4.69) is 18.8 Å². The van der Waals surface area contributed by atoms with Crippen LogP contribution in [0.5, 0.6) is 0 Å². The van der Waals surface area contributed by atoms with Gasteiger partial charge in [-0.05, 0) is 18.4 Å². The maximum Gasteiger partial charge on any atom is 0.319 e. The van der Waals surface area contributed by atoms with Crippen LogP contribution in [0.2, 0.25) is 0 Å². The molecular weight excluding hydrogens is 258 g/mol. The van der Waals surface area contributed by atoms with Gasteiger partial charge in [0.05, 0.1) is 12.3 Å². The van der Waals surface area contributed by atoms with E-state index < -0.39 is 5.92 Å². The van der Waals surface area contributed by atoms with Crippen LogP contribution in [0.4, 0.5) is 5.69 Å². The Bertz CT molecular complexity index is 549. The zero-order valence-corrected chi connectivity index (χ0v) is 12.2. The van der Waals surface area contributed by atoms with Gasteiger partial charge in [-0.25, -0.2) is 0 Å². The van der Waals surface area contributed by atoms with E-state index in [-0.39, 0.29) is 5.97 Å². The fourth-order valence-electron chi connectivity index (χ4n) is 2.15. The molecule has 4 heteroatoms. The lowest BCUT2D eigenvalue weighted by atomic mass is 9.90. The highest BCUT2D eigenvalue weighted by molar-refractivity contribution is 7.81. The summed E-state index contributed by atoms with van der Waals surface area (Å²) in [5.41, 5.74) is 2.92. The van der Waals surface area contributed by atoms with Gasteiger partial charge < -0.3 is 4.74 Å². The number of carbonyl (C=O) groups is 1. The summed E-state index contributed by atoms with van der Waals surface area (Å²) >= 11 is 5.43. The standard InChI is InChI=1S/C15H17NO2S/c1-4-18-15(17)12-8-16-13-10(9(2)3)6-5-7-11(13)14(12)19/h5-9,12H,4H2,1-3H3. The highest BCUT2D eigenvalue weighted by atomic mass is 32.1. The summed E-state index contributed by atoms with van der Waals surface area (Å²) in [5.74, 6) is -0.490. The summed E-state index contributed by atoms with van der Waals surface area (Å²) in [5, 5.41) is 0. The molecule has 1 aromatic carbocycles. The van der Waals surface area contributed by atoms with Crippen LogP contribution in [0.3, 0.4) is 0 Å². The minimum absolute atomic E-state index is 0.322. The van der Waals surface area contributed by atoms with Gasteiger partial charge >= 0.3 is 5.97 Å². The minimum atomic E-state index is -0.537. The van der Waals surface area contributed by atoms with Crippen molar-refractivity contribution < 1.29 is 9.53 Å². The molecule has 0 aromatic heterocycles. The molecule has 0 radical (unpaired) electrons. The fourth-order valence-corrected chi connectivity index (χ4v) is 2.48. The first-order valence-corrected chi connectivity index (χ1v) is 6.85. The Morgan fingerprint density at radius 1 is 1.47 bits per heavy atom. The molecule has 1 aliphatic rings. The normalized spacial score (nSPS) is 17.5. The van der Waals surface area contributed by atoms with E-state index in [0.717, 1.165) is 16.8 Å². The Kier molecular flexibility index (Phi) is 4.10. The Balaban J connectivity index is 2.41. The number of para-hydroxylation sites is 1. The van der Waals surface area contributed by atoms with Crippen LogP contribution in [0.1, 0.15) is 37.8 Å². The number of fused-ring (bicyclic) bond motifs is 1. The number of ether oxygens (including phenoxy) is 1. The van der Waals surface area contributed by atoms with Gasteiger partial charge in [-0.3, -0.25) is 9.79 Å². The molecule has 0 amide bonds. The van der Waals surface area contributed by atoms with Gasteiger partial charge in [-0.2, -0.15) is 0 Å². The van der Waals surface area contributed by atoms with Gasteiger partial charge in [-0.15, -0.1) is 0 Å². The number of carbonyl (C=O) groups excluding carboxylic acids is 1. The van der Waals surface area contributed by atoms with Crippen LogP contribution in [0.25, 0.3) is 0 Å². The molecule has 100 valence electrons. The van der Waals surface area contributed by atoms with Crippen molar-refractivity contribution in [2.24, 2.45) is 10.9 Å². The molecule has 1 unspecified atom stereocenters. The molecule has 1 aromatic rings. The molecule has 1 atom stereocenters. The number of rotatable bonds is 3. The zero-order valence-electron chi connectivity index (χ0n) is 11.3. The third-order valence-corrected chi connectivity index (χ3v) is 3.60. The minimum Gasteiger partial charge on any atom is -0.465 e. The number of aliphatic imine (C=N–C) groups is 1. The topological polar surface area (TPSA) is 38.7 Å². The zero-order chi connectivity index (χ0) is 14.0. The van der Waals surface area contributed by atoms with E-state index in [1.54, 1.807) is 13.1 Å². The molecule has 0 fully saturated rings. The monoisotopic (exact) mass is 275 g/mol. The van der Waals surface area contributed by atoms with Crippen LogP contribution in [-0.2, 0) is 9.53 Å². The number of thiocarbonyl (C=S) groups is 1. The Morgan fingerprint density at radius 3 is 2.84 bits per heavy atom. The smallest absolute Gasteiger partial charge is 0.319 e. The summed E-state index contributed by atoms with van der Waals surface area (Å²) < 4.78 is 5.03. The second kappa shape index (κ2) is 5.61. The van der Waals surface area contributed by atoms with Crippen molar-refractivity contribution >= 4 is 35.0 Å². The van der Waals surface area contributed by atoms with Gasteiger partial charge in [0.1, 0.15) is 5.92 Å². The lowest BCUT2D eigenvalue weighted by molar-refractivity contribution is -0.143. The Hall–Kier alpha value is -1.55. The van der Waals surface area contributed by atoms with Crippen molar-refractivity contribution in [3.8, 4) is 0 Å². The van der Waals surface area contributed by atoms with Gasteiger partial charge in [0.15, 0.2) is 0 Å². The molecule has 0 saturated heterocycles. The molecule has 19 heavy (non-hydrogen) atoms. The molecule has 0 spiro atoms. The van der Waals surface area contributed by atoms with E-state index in [4.69, 9.17) is 17.0 Å². The highest BCUT2D eigenvalue weighted by Gasteiger charge is 2.29. The van der Waals surface area contributed by atoms with Crippen LogP contribution < -0.4 is 0 Å².